The number of hydrogen-bond donors (Lipinski definition) is 2. The van der Waals surface area contributed by atoms with Crippen molar-refractivity contribution in [2.75, 3.05) is 12.4 Å². The van der Waals surface area contributed by atoms with Crippen LogP contribution in [-0.2, 0) is 14.4 Å². The largest absolute Gasteiger partial charge is 0.324 e. The third-order valence-electron chi connectivity index (χ3n) is 2.76. The number of halogens is 1. The summed E-state index contributed by atoms with van der Waals surface area (Å²) >= 11 is 0. The number of benzene rings is 1. The molecule has 19 heavy (non-hydrogen) atoms. The van der Waals surface area contributed by atoms with Crippen molar-refractivity contribution in [2.24, 2.45) is 5.92 Å². The first kappa shape index (κ1) is 13.0. The highest BCUT2D eigenvalue weighted by atomic mass is 19.1. The maximum absolute atomic E-state index is 13.3. The molecule has 0 spiro atoms. The molecule has 1 heterocycles. The number of carbonyl (C=O) groups is 3. The van der Waals surface area contributed by atoms with Gasteiger partial charge in [0, 0.05) is 13.5 Å². The van der Waals surface area contributed by atoms with Crippen LogP contribution in [0.4, 0.5) is 10.1 Å². The molecule has 3 amide bonds. The van der Waals surface area contributed by atoms with Gasteiger partial charge in [0.1, 0.15) is 11.7 Å². The highest BCUT2D eigenvalue weighted by Crippen LogP contribution is 2.16. The number of nitrogens with zero attached hydrogens (tertiary/aromatic N) is 1. The summed E-state index contributed by atoms with van der Waals surface area (Å²) in [5, 5.41) is 3.36. The fourth-order valence-corrected chi connectivity index (χ4v) is 1.77. The Morgan fingerprint density at radius 3 is 2.68 bits per heavy atom. The smallest absolute Gasteiger partial charge is 0.253 e. The van der Waals surface area contributed by atoms with Gasteiger partial charge < -0.3 is 5.32 Å². The molecule has 1 fully saturated rings. The summed E-state index contributed by atoms with van der Waals surface area (Å²) in [5.41, 5.74) is 2.31. The molecule has 2 N–H and O–H groups in total. The van der Waals surface area contributed by atoms with Gasteiger partial charge in [0.15, 0.2) is 0 Å². The van der Waals surface area contributed by atoms with Crippen molar-refractivity contribution in [2.45, 2.75) is 6.42 Å². The zero-order valence-electron chi connectivity index (χ0n) is 10.1. The summed E-state index contributed by atoms with van der Waals surface area (Å²) in [4.78, 5) is 34.7. The Hall–Kier alpha value is -2.44. The second-order valence-electron chi connectivity index (χ2n) is 4.16. The number of hydrazine groups is 1. The number of para-hydroxylation sites is 1. The zero-order valence-corrected chi connectivity index (χ0v) is 10.1. The highest BCUT2D eigenvalue weighted by molar-refractivity contribution is 6.08. The summed E-state index contributed by atoms with van der Waals surface area (Å²) in [5.74, 6) is -3.23. The Morgan fingerprint density at radius 2 is 2.11 bits per heavy atom. The predicted octanol–water partition coefficient (Wildman–Crippen LogP) is 0.274. The molecule has 0 aliphatic carbocycles. The van der Waals surface area contributed by atoms with Gasteiger partial charge in [0.2, 0.25) is 5.91 Å². The fourth-order valence-electron chi connectivity index (χ4n) is 1.77. The van der Waals surface area contributed by atoms with Crippen LogP contribution < -0.4 is 10.7 Å². The second kappa shape index (κ2) is 5.05. The van der Waals surface area contributed by atoms with Crippen LogP contribution in [0.2, 0.25) is 0 Å². The number of rotatable bonds is 3. The van der Waals surface area contributed by atoms with Crippen molar-refractivity contribution < 1.29 is 18.8 Å². The molecule has 6 nitrogen and oxygen atoms in total. The molecule has 1 unspecified atom stereocenters. The third kappa shape index (κ3) is 2.70. The molecule has 100 valence electrons. The maximum Gasteiger partial charge on any atom is 0.253 e. The first-order valence-electron chi connectivity index (χ1n) is 5.61. The van der Waals surface area contributed by atoms with Crippen molar-refractivity contribution in [3.05, 3.63) is 30.1 Å². The first-order valence-corrected chi connectivity index (χ1v) is 5.61. The van der Waals surface area contributed by atoms with E-state index in [4.69, 9.17) is 0 Å². The molecule has 1 aliphatic rings. The number of amides is 3. The van der Waals surface area contributed by atoms with Crippen LogP contribution >= 0.6 is 0 Å². The summed E-state index contributed by atoms with van der Waals surface area (Å²) in [6, 6.07) is 5.67. The highest BCUT2D eigenvalue weighted by Gasteiger charge is 2.38. The van der Waals surface area contributed by atoms with Crippen LogP contribution in [0.5, 0.6) is 0 Å². The molecule has 2 rings (SSSR count). The summed E-state index contributed by atoms with van der Waals surface area (Å²) in [7, 11) is 1.40. The van der Waals surface area contributed by atoms with Gasteiger partial charge in [-0.2, -0.15) is 0 Å². The number of nitrogens with one attached hydrogen (secondary N) is 2. The molecule has 7 heteroatoms. The minimum atomic E-state index is -1.06. The molecular formula is C12H12FN3O3. The molecule has 1 atom stereocenters. The Balaban J connectivity index is 2.01. The monoisotopic (exact) mass is 265 g/mol. The SMILES string of the molecule is CN1NC(=O)C(CC(=O)Nc2ccccc2F)C1=O. The zero-order chi connectivity index (χ0) is 14.0. The summed E-state index contributed by atoms with van der Waals surface area (Å²) in [6.45, 7) is 0. The molecule has 1 saturated heterocycles. The van der Waals surface area contributed by atoms with Gasteiger partial charge in [-0.3, -0.25) is 24.8 Å². The number of hydrogen-bond acceptors (Lipinski definition) is 3. The van der Waals surface area contributed by atoms with Crippen molar-refractivity contribution >= 4 is 23.4 Å². The van der Waals surface area contributed by atoms with Crippen LogP contribution in [-0.4, -0.2) is 29.8 Å². The Labute approximate surface area is 108 Å². The minimum absolute atomic E-state index is 0.0201. The molecular weight excluding hydrogens is 253 g/mol. The van der Waals surface area contributed by atoms with E-state index >= 15 is 0 Å². The third-order valence-corrected chi connectivity index (χ3v) is 2.76. The summed E-state index contributed by atoms with van der Waals surface area (Å²) < 4.78 is 13.3. The quantitative estimate of drug-likeness (QED) is 0.770. The van der Waals surface area contributed by atoms with Crippen molar-refractivity contribution in [1.29, 1.82) is 0 Å². The summed E-state index contributed by atoms with van der Waals surface area (Å²) in [6.07, 6.45) is -0.316. The van der Waals surface area contributed by atoms with Gasteiger partial charge in [-0.1, -0.05) is 12.1 Å². The van der Waals surface area contributed by atoms with Crippen LogP contribution in [0.3, 0.4) is 0 Å². The van der Waals surface area contributed by atoms with E-state index in [2.05, 4.69) is 10.7 Å². The van der Waals surface area contributed by atoms with Gasteiger partial charge in [-0.15, -0.1) is 0 Å². The molecule has 1 aliphatic heterocycles. The average Bonchev–Trinajstić information content (AvgIpc) is 2.59. The molecule has 1 aromatic rings. The van der Waals surface area contributed by atoms with E-state index < -0.39 is 29.5 Å². The Morgan fingerprint density at radius 1 is 1.42 bits per heavy atom. The fraction of sp³-hybridized carbons (Fsp3) is 0.250. The van der Waals surface area contributed by atoms with Crippen LogP contribution in [0.1, 0.15) is 6.42 Å². The van der Waals surface area contributed by atoms with Gasteiger partial charge in [-0.05, 0) is 12.1 Å². The van der Waals surface area contributed by atoms with E-state index in [9.17, 15) is 18.8 Å². The number of anilines is 1. The number of carbonyl (C=O) groups excluding carboxylic acids is 3. The predicted molar refractivity (Wildman–Crippen MR) is 64.0 cm³/mol. The van der Waals surface area contributed by atoms with Crippen molar-refractivity contribution in [3.8, 4) is 0 Å². The second-order valence-corrected chi connectivity index (χ2v) is 4.16. The van der Waals surface area contributed by atoms with Gasteiger partial charge in [0.25, 0.3) is 11.8 Å². The van der Waals surface area contributed by atoms with E-state index in [1.807, 2.05) is 0 Å². The van der Waals surface area contributed by atoms with E-state index in [0.29, 0.717) is 0 Å². The molecule has 0 bridgehead atoms. The van der Waals surface area contributed by atoms with E-state index in [0.717, 1.165) is 5.01 Å². The van der Waals surface area contributed by atoms with Crippen molar-refractivity contribution in [1.82, 2.24) is 10.4 Å². The Bertz CT molecular complexity index is 547. The lowest BCUT2D eigenvalue weighted by molar-refractivity contribution is -0.134. The first-order chi connectivity index (χ1) is 8.99. The average molecular weight is 265 g/mol. The van der Waals surface area contributed by atoms with Crippen molar-refractivity contribution in [3.63, 3.8) is 0 Å². The Kier molecular flexibility index (Phi) is 3.46. The van der Waals surface area contributed by atoms with Crippen LogP contribution in [0, 0.1) is 11.7 Å². The minimum Gasteiger partial charge on any atom is -0.324 e. The van der Waals surface area contributed by atoms with Gasteiger partial charge >= 0.3 is 0 Å². The lowest BCUT2D eigenvalue weighted by Gasteiger charge is -2.08. The standard InChI is InChI=1S/C12H12FN3O3/c1-16-12(19)7(11(18)15-16)6-10(17)14-9-5-3-2-4-8(9)13/h2-5,7H,6H2,1H3,(H,14,17)(H,15,18). The molecule has 0 radical (unpaired) electrons. The van der Waals surface area contributed by atoms with Crippen LogP contribution in [0.15, 0.2) is 24.3 Å². The lowest BCUT2D eigenvalue weighted by Crippen LogP contribution is -2.31. The molecule has 0 aromatic heterocycles. The molecule has 1 aromatic carbocycles. The van der Waals surface area contributed by atoms with E-state index in [-0.39, 0.29) is 12.1 Å². The normalized spacial score (nSPS) is 18.4. The van der Waals surface area contributed by atoms with E-state index in [1.165, 1.54) is 25.2 Å². The van der Waals surface area contributed by atoms with Gasteiger partial charge in [0.05, 0.1) is 5.69 Å². The van der Waals surface area contributed by atoms with E-state index in [1.54, 1.807) is 6.07 Å². The maximum atomic E-state index is 13.3. The molecule has 0 saturated carbocycles. The topological polar surface area (TPSA) is 78.5 Å². The van der Waals surface area contributed by atoms with Gasteiger partial charge in [-0.25, -0.2) is 4.39 Å². The van der Waals surface area contributed by atoms with Crippen LogP contribution in [0.25, 0.3) is 0 Å². The lowest BCUT2D eigenvalue weighted by atomic mass is 10.0.